The zero-order chi connectivity index (χ0) is 22.5. The predicted molar refractivity (Wildman–Crippen MR) is 121 cm³/mol. The van der Waals surface area contributed by atoms with Crippen molar-refractivity contribution in [3.63, 3.8) is 0 Å². The maximum Gasteiger partial charge on any atom is 0.227 e. The number of hydrogen-bond acceptors (Lipinski definition) is 5. The Morgan fingerprint density at radius 1 is 1.03 bits per heavy atom. The van der Waals surface area contributed by atoms with Gasteiger partial charge in [-0.25, -0.2) is 0 Å². The molecule has 1 N–H and O–H groups in total. The molecule has 1 heterocycles. The van der Waals surface area contributed by atoms with Crippen LogP contribution in [0.2, 0.25) is 0 Å². The van der Waals surface area contributed by atoms with Crippen LogP contribution in [0, 0.1) is 0 Å². The van der Waals surface area contributed by atoms with E-state index < -0.39 is 0 Å². The Labute approximate surface area is 182 Å². The molecule has 1 aliphatic heterocycles. The molecule has 30 heavy (non-hydrogen) atoms. The summed E-state index contributed by atoms with van der Waals surface area (Å²) in [5.41, 5.74) is 0.844. The summed E-state index contributed by atoms with van der Waals surface area (Å²) in [6.45, 7) is 11.9. The monoisotopic (exact) mass is 420 g/mol. The first-order valence-corrected chi connectivity index (χ1v) is 10.9. The molecule has 1 saturated heterocycles. The fourth-order valence-corrected chi connectivity index (χ4v) is 4.84. The molecule has 0 aliphatic carbocycles. The average Bonchev–Trinajstić information content (AvgIpc) is 2.64. The van der Waals surface area contributed by atoms with E-state index in [0.717, 1.165) is 37.8 Å². The van der Waals surface area contributed by atoms with E-state index in [1.54, 1.807) is 21.3 Å². The highest BCUT2D eigenvalue weighted by molar-refractivity contribution is 5.79. The zero-order valence-electron chi connectivity index (χ0n) is 20.1. The van der Waals surface area contributed by atoms with Crippen molar-refractivity contribution in [2.24, 2.45) is 0 Å². The number of piperidine rings is 1. The predicted octanol–water partition coefficient (Wildman–Crippen LogP) is 4.19. The van der Waals surface area contributed by atoms with Gasteiger partial charge in [0.1, 0.15) is 0 Å². The number of amides is 1. The Kier molecular flexibility index (Phi) is 8.03. The van der Waals surface area contributed by atoms with Gasteiger partial charge in [0.05, 0.1) is 27.8 Å². The van der Waals surface area contributed by atoms with Crippen LogP contribution in [0.5, 0.6) is 17.2 Å². The quantitative estimate of drug-likeness (QED) is 0.649. The van der Waals surface area contributed by atoms with Gasteiger partial charge in [0, 0.05) is 23.7 Å². The van der Waals surface area contributed by atoms with Crippen LogP contribution in [-0.4, -0.2) is 55.8 Å². The molecule has 0 spiro atoms. The average molecular weight is 421 g/mol. The number of nitrogens with one attached hydrogen (secondary N) is 1. The van der Waals surface area contributed by atoms with E-state index in [0.29, 0.717) is 23.7 Å². The summed E-state index contributed by atoms with van der Waals surface area (Å²) in [5, 5.41) is 3.72. The zero-order valence-corrected chi connectivity index (χ0v) is 20.1. The molecule has 1 aromatic rings. The molecule has 0 aromatic heterocycles. The maximum atomic E-state index is 13.5. The van der Waals surface area contributed by atoms with Crippen molar-refractivity contribution in [2.45, 2.75) is 83.8 Å². The number of unbranched alkanes of at least 4 members (excludes halogenated alkanes) is 1. The molecule has 1 aliphatic rings. The van der Waals surface area contributed by atoms with Crippen LogP contribution in [-0.2, 0) is 11.2 Å². The van der Waals surface area contributed by atoms with Gasteiger partial charge in [0.25, 0.3) is 0 Å². The minimum absolute atomic E-state index is 0.0102. The highest BCUT2D eigenvalue weighted by Gasteiger charge is 2.41. The first kappa shape index (κ1) is 24.3. The summed E-state index contributed by atoms with van der Waals surface area (Å²) in [7, 11) is 4.77. The van der Waals surface area contributed by atoms with Crippen molar-refractivity contribution in [2.75, 3.05) is 27.9 Å². The summed E-state index contributed by atoms with van der Waals surface area (Å²) >= 11 is 0. The molecular formula is C24H40N2O4. The molecule has 0 bridgehead atoms. The molecule has 170 valence electrons. The van der Waals surface area contributed by atoms with Crippen LogP contribution in [0.25, 0.3) is 0 Å². The number of carbonyl (C=O) groups excluding carboxylic acids is 1. The van der Waals surface area contributed by atoms with Crippen LogP contribution < -0.4 is 19.5 Å². The third-order valence-electron chi connectivity index (χ3n) is 5.76. The van der Waals surface area contributed by atoms with Crippen molar-refractivity contribution in [1.29, 1.82) is 0 Å². The summed E-state index contributed by atoms with van der Waals surface area (Å²) in [4.78, 5) is 15.6. The van der Waals surface area contributed by atoms with Gasteiger partial charge < -0.3 is 24.4 Å². The third-order valence-corrected chi connectivity index (χ3v) is 5.76. The van der Waals surface area contributed by atoms with E-state index in [4.69, 9.17) is 14.2 Å². The lowest BCUT2D eigenvalue weighted by Gasteiger charge is -2.49. The van der Waals surface area contributed by atoms with Gasteiger partial charge in [-0.1, -0.05) is 13.3 Å². The number of rotatable bonds is 9. The lowest BCUT2D eigenvalue weighted by molar-refractivity contribution is -0.134. The second-order valence-corrected chi connectivity index (χ2v) is 9.61. The molecule has 6 nitrogen and oxygen atoms in total. The normalized spacial score (nSPS) is 18.0. The molecule has 0 radical (unpaired) electrons. The Hall–Kier alpha value is -1.95. The van der Waals surface area contributed by atoms with E-state index in [2.05, 4.69) is 44.8 Å². The molecule has 0 saturated carbocycles. The van der Waals surface area contributed by atoms with Gasteiger partial charge in [-0.05, 0) is 64.7 Å². The van der Waals surface area contributed by atoms with E-state index >= 15 is 0 Å². The van der Waals surface area contributed by atoms with Crippen molar-refractivity contribution in [1.82, 2.24) is 10.2 Å². The van der Waals surface area contributed by atoms with Crippen molar-refractivity contribution in [3.8, 4) is 17.2 Å². The lowest BCUT2D eigenvalue weighted by atomic mass is 9.79. The molecule has 0 unspecified atom stereocenters. The standard InChI is InChI=1S/C24H40N2O4/c1-9-10-11-26(18-15-23(2,3)25-24(4,5)16-18)21(27)14-17-12-19(28-6)22(30-8)20(13-17)29-7/h12-13,18,25H,9-11,14-16H2,1-8H3. The van der Waals surface area contributed by atoms with E-state index in [-0.39, 0.29) is 23.0 Å². The first-order valence-electron chi connectivity index (χ1n) is 10.9. The summed E-state index contributed by atoms with van der Waals surface area (Å²) in [5.74, 6) is 1.84. The van der Waals surface area contributed by atoms with Crippen LogP contribution >= 0.6 is 0 Å². The fraction of sp³-hybridized carbons (Fsp3) is 0.708. The Balaban J connectivity index is 2.29. The van der Waals surface area contributed by atoms with Crippen LogP contribution in [0.1, 0.15) is 65.9 Å². The van der Waals surface area contributed by atoms with E-state index in [1.165, 1.54) is 0 Å². The van der Waals surface area contributed by atoms with E-state index in [1.807, 2.05) is 12.1 Å². The molecular weight excluding hydrogens is 380 g/mol. The van der Waals surface area contributed by atoms with Crippen molar-refractivity contribution >= 4 is 5.91 Å². The van der Waals surface area contributed by atoms with Gasteiger partial charge in [-0.2, -0.15) is 0 Å². The minimum atomic E-state index is -0.0102. The molecule has 1 fully saturated rings. The maximum absolute atomic E-state index is 13.5. The fourth-order valence-electron chi connectivity index (χ4n) is 4.84. The van der Waals surface area contributed by atoms with Crippen molar-refractivity contribution < 1.29 is 19.0 Å². The number of carbonyl (C=O) groups is 1. The van der Waals surface area contributed by atoms with Crippen molar-refractivity contribution in [3.05, 3.63) is 17.7 Å². The number of hydrogen-bond donors (Lipinski definition) is 1. The van der Waals surface area contributed by atoms with Gasteiger partial charge in [-0.15, -0.1) is 0 Å². The number of nitrogens with zero attached hydrogens (tertiary/aromatic N) is 1. The largest absolute Gasteiger partial charge is 0.493 e. The van der Waals surface area contributed by atoms with Gasteiger partial charge in [0.2, 0.25) is 11.7 Å². The summed E-state index contributed by atoms with van der Waals surface area (Å²) in [6.07, 6.45) is 4.27. The van der Waals surface area contributed by atoms with Gasteiger partial charge in [-0.3, -0.25) is 4.79 Å². The smallest absolute Gasteiger partial charge is 0.227 e. The summed E-state index contributed by atoms with van der Waals surface area (Å²) < 4.78 is 16.3. The molecule has 1 amide bonds. The second-order valence-electron chi connectivity index (χ2n) is 9.61. The van der Waals surface area contributed by atoms with Gasteiger partial charge >= 0.3 is 0 Å². The molecule has 6 heteroatoms. The molecule has 2 rings (SSSR count). The van der Waals surface area contributed by atoms with Crippen LogP contribution in [0.4, 0.5) is 0 Å². The minimum Gasteiger partial charge on any atom is -0.493 e. The van der Waals surface area contributed by atoms with Crippen LogP contribution in [0.3, 0.4) is 0 Å². The Morgan fingerprint density at radius 2 is 1.57 bits per heavy atom. The molecule has 0 atom stereocenters. The Morgan fingerprint density at radius 3 is 2.00 bits per heavy atom. The topological polar surface area (TPSA) is 60.0 Å². The first-order chi connectivity index (χ1) is 14.1. The number of benzene rings is 1. The highest BCUT2D eigenvalue weighted by Crippen LogP contribution is 2.38. The van der Waals surface area contributed by atoms with Gasteiger partial charge in [0.15, 0.2) is 11.5 Å². The lowest BCUT2D eigenvalue weighted by Crippen LogP contribution is -2.63. The molecule has 1 aromatic carbocycles. The summed E-state index contributed by atoms with van der Waals surface area (Å²) in [6, 6.07) is 3.96. The van der Waals surface area contributed by atoms with E-state index in [9.17, 15) is 4.79 Å². The SMILES string of the molecule is CCCCN(C(=O)Cc1cc(OC)c(OC)c(OC)c1)C1CC(C)(C)NC(C)(C)C1. The number of methoxy groups -OCH3 is 3. The third kappa shape index (κ3) is 6.03. The highest BCUT2D eigenvalue weighted by atomic mass is 16.5. The number of ether oxygens (including phenoxy) is 3. The van der Waals surface area contributed by atoms with Crippen LogP contribution in [0.15, 0.2) is 12.1 Å². The second kappa shape index (κ2) is 9.90. The Bertz CT molecular complexity index is 689.